The van der Waals surface area contributed by atoms with Crippen LogP contribution in [-0.4, -0.2) is 35.9 Å². The van der Waals surface area contributed by atoms with Crippen LogP contribution in [0.1, 0.15) is 45.4 Å². The molecule has 2 rings (SSSR count). The molecule has 4 nitrogen and oxygen atoms in total. The number of aliphatic hydroxyl groups is 1. The van der Waals surface area contributed by atoms with Gasteiger partial charge in [-0.2, -0.15) is 0 Å². The van der Waals surface area contributed by atoms with Gasteiger partial charge in [0.05, 0.1) is 18.1 Å². The highest BCUT2D eigenvalue weighted by Gasteiger charge is 2.30. The zero-order valence-electron chi connectivity index (χ0n) is 10.5. The van der Waals surface area contributed by atoms with E-state index in [0.717, 1.165) is 45.1 Å². The summed E-state index contributed by atoms with van der Waals surface area (Å²) in [6, 6.07) is 0.250. The van der Waals surface area contributed by atoms with Crippen molar-refractivity contribution in [2.24, 2.45) is 5.92 Å². The summed E-state index contributed by atoms with van der Waals surface area (Å²) in [6.45, 7) is 2.76. The molecule has 17 heavy (non-hydrogen) atoms. The van der Waals surface area contributed by atoms with Crippen LogP contribution in [0.3, 0.4) is 0 Å². The van der Waals surface area contributed by atoms with Gasteiger partial charge < -0.3 is 15.2 Å². The summed E-state index contributed by atoms with van der Waals surface area (Å²) < 4.78 is 5.52. The Morgan fingerprint density at radius 2 is 1.94 bits per heavy atom. The number of carbonyl (C=O) groups excluding carboxylic acids is 1. The highest BCUT2D eigenvalue weighted by atomic mass is 16.5. The predicted molar refractivity (Wildman–Crippen MR) is 64.5 cm³/mol. The molecule has 0 aromatic carbocycles. The first-order valence-corrected chi connectivity index (χ1v) is 6.77. The maximum atomic E-state index is 12.1. The summed E-state index contributed by atoms with van der Waals surface area (Å²) in [5.74, 6) is 0.147. The Labute approximate surface area is 103 Å². The largest absolute Gasteiger partial charge is 0.393 e. The summed E-state index contributed by atoms with van der Waals surface area (Å²) in [4.78, 5) is 12.1. The Bertz CT molecular complexity index is 261. The van der Waals surface area contributed by atoms with Crippen LogP contribution in [0.2, 0.25) is 0 Å². The van der Waals surface area contributed by atoms with E-state index in [2.05, 4.69) is 5.32 Å². The molecule has 1 aliphatic heterocycles. The minimum atomic E-state index is -0.167. The molecular weight excluding hydrogens is 218 g/mol. The lowest BCUT2D eigenvalue weighted by Gasteiger charge is -2.31. The van der Waals surface area contributed by atoms with Crippen molar-refractivity contribution < 1.29 is 14.6 Å². The molecule has 1 saturated heterocycles. The molecule has 0 spiro atoms. The number of carbonyl (C=O) groups is 1. The van der Waals surface area contributed by atoms with Crippen LogP contribution in [0.15, 0.2) is 0 Å². The fourth-order valence-corrected chi connectivity index (χ4v) is 2.80. The average molecular weight is 241 g/mol. The molecule has 0 aromatic rings. The Morgan fingerprint density at radius 3 is 2.59 bits per heavy atom. The lowest BCUT2D eigenvalue weighted by Crippen LogP contribution is -2.45. The van der Waals surface area contributed by atoms with Gasteiger partial charge in [0.25, 0.3) is 0 Å². The normalized spacial score (nSPS) is 38.7. The monoisotopic (exact) mass is 241 g/mol. The zero-order valence-corrected chi connectivity index (χ0v) is 10.5. The van der Waals surface area contributed by atoms with E-state index in [1.54, 1.807) is 0 Å². The van der Waals surface area contributed by atoms with Gasteiger partial charge >= 0.3 is 0 Å². The van der Waals surface area contributed by atoms with Gasteiger partial charge in [-0.15, -0.1) is 0 Å². The molecular formula is C13H23NO3. The quantitative estimate of drug-likeness (QED) is 0.764. The smallest absolute Gasteiger partial charge is 0.225 e. The number of hydrogen-bond donors (Lipinski definition) is 2. The molecule has 0 aromatic heterocycles. The zero-order chi connectivity index (χ0) is 12.3. The van der Waals surface area contributed by atoms with Gasteiger partial charge in [-0.3, -0.25) is 4.79 Å². The molecule has 0 bridgehead atoms. The highest BCUT2D eigenvalue weighted by molar-refractivity contribution is 5.79. The number of amides is 1. The van der Waals surface area contributed by atoms with Gasteiger partial charge in [0.2, 0.25) is 5.91 Å². The van der Waals surface area contributed by atoms with Gasteiger partial charge in [-0.25, -0.2) is 0 Å². The second kappa shape index (κ2) is 5.83. The van der Waals surface area contributed by atoms with Crippen molar-refractivity contribution in [1.29, 1.82) is 0 Å². The van der Waals surface area contributed by atoms with Crippen molar-refractivity contribution in [2.45, 2.75) is 63.7 Å². The van der Waals surface area contributed by atoms with Crippen molar-refractivity contribution in [3.8, 4) is 0 Å². The van der Waals surface area contributed by atoms with E-state index in [1.807, 2.05) is 6.92 Å². The third-order valence-corrected chi connectivity index (χ3v) is 3.99. The van der Waals surface area contributed by atoms with E-state index in [-0.39, 0.29) is 30.1 Å². The van der Waals surface area contributed by atoms with E-state index < -0.39 is 0 Å². The third-order valence-electron chi connectivity index (χ3n) is 3.99. The van der Waals surface area contributed by atoms with Gasteiger partial charge in [-0.1, -0.05) is 0 Å². The van der Waals surface area contributed by atoms with E-state index in [9.17, 15) is 9.90 Å². The molecule has 2 N–H and O–H groups in total. The van der Waals surface area contributed by atoms with Crippen LogP contribution in [0.4, 0.5) is 0 Å². The van der Waals surface area contributed by atoms with Crippen LogP contribution < -0.4 is 5.32 Å². The Balaban J connectivity index is 1.79. The van der Waals surface area contributed by atoms with Crippen LogP contribution in [0, 0.1) is 5.92 Å². The van der Waals surface area contributed by atoms with Crippen molar-refractivity contribution in [1.82, 2.24) is 5.32 Å². The molecule has 0 radical (unpaired) electrons. The molecule has 1 amide bonds. The number of aliphatic hydroxyl groups excluding tert-OH is 1. The maximum absolute atomic E-state index is 12.1. The van der Waals surface area contributed by atoms with Crippen molar-refractivity contribution in [3.63, 3.8) is 0 Å². The van der Waals surface area contributed by atoms with Crippen LogP contribution in [-0.2, 0) is 9.53 Å². The third kappa shape index (κ3) is 3.42. The second-order valence-electron chi connectivity index (χ2n) is 5.34. The van der Waals surface area contributed by atoms with Crippen molar-refractivity contribution in [3.05, 3.63) is 0 Å². The minimum absolute atomic E-state index is 0.00981. The average Bonchev–Trinajstić information content (AvgIpc) is 2.32. The molecule has 1 saturated carbocycles. The first kappa shape index (κ1) is 12.8. The number of hydrogen-bond acceptors (Lipinski definition) is 3. The molecule has 98 valence electrons. The van der Waals surface area contributed by atoms with E-state index in [0.29, 0.717) is 0 Å². The predicted octanol–water partition coefficient (Wildman–Crippen LogP) is 1.22. The van der Waals surface area contributed by atoms with Gasteiger partial charge in [-0.05, 0) is 45.4 Å². The minimum Gasteiger partial charge on any atom is -0.393 e. The molecule has 4 heteroatoms. The summed E-state index contributed by atoms with van der Waals surface area (Å²) in [5, 5.41) is 12.5. The fourth-order valence-electron chi connectivity index (χ4n) is 2.80. The van der Waals surface area contributed by atoms with Crippen molar-refractivity contribution in [2.75, 3.05) is 6.61 Å². The van der Waals surface area contributed by atoms with Crippen LogP contribution in [0.25, 0.3) is 0 Å². The lowest BCUT2D eigenvalue weighted by atomic mass is 9.90. The summed E-state index contributed by atoms with van der Waals surface area (Å²) >= 11 is 0. The topological polar surface area (TPSA) is 58.6 Å². The summed E-state index contributed by atoms with van der Waals surface area (Å²) in [6.07, 6.45) is 5.19. The molecule has 2 atom stereocenters. The standard InChI is InChI=1S/C13H23NO3/c1-9-12(3-2-8-17-9)13(16)14-10-4-6-11(15)7-5-10/h9-12,15H,2-8H2,1H3,(H,14,16)/t9-,10?,11?,12+/m0/s1. The Morgan fingerprint density at radius 1 is 1.24 bits per heavy atom. The van der Waals surface area contributed by atoms with E-state index >= 15 is 0 Å². The Kier molecular flexibility index (Phi) is 4.40. The lowest BCUT2D eigenvalue weighted by molar-refractivity contribution is -0.134. The number of nitrogens with one attached hydrogen (secondary N) is 1. The van der Waals surface area contributed by atoms with Gasteiger partial charge in [0.15, 0.2) is 0 Å². The molecule has 2 aliphatic rings. The SMILES string of the molecule is C[C@@H]1OCCC[C@H]1C(=O)NC1CCC(O)CC1. The molecule has 2 fully saturated rings. The highest BCUT2D eigenvalue weighted by Crippen LogP contribution is 2.23. The van der Waals surface area contributed by atoms with Crippen molar-refractivity contribution >= 4 is 5.91 Å². The second-order valence-corrected chi connectivity index (χ2v) is 5.34. The number of ether oxygens (including phenoxy) is 1. The van der Waals surface area contributed by atoms with Gasteiger partial charge in [0, 0.05) is 12.6 Å². The van der Waals surface area contributed by atoms with E-state index in [1.165, 1.54) is 0 Å². The summed E-state index contributed by atoms with van der Waals surface area (Å²) in [5.41, 5.74) is 0. The maximum Gasteiger partial charge on any atom is 0.225 e. The van der Waals surface area contributed by atoms with Crippen LogP contribution >= 0.6 is 0 Å². The molecule has 1 aliphatic carbocycles. The number of rotatable bonds is 2. The first-order chi connectivity index (χ1) is 8.16. The van der Waals surface area contributed by atoms with Gasteiger partial charge in [0.1, 0.15) is 0 Å². The van der Waals surface area contributed by atoms with E-state index in [4.69, 9.17) is 4.74 Å². The fraction of sp³-hybridized carbons (Fsp3) is 0.923. The molecule has 1 heterocycles. The van der Waals surface area contributed by atoms with Crippen LogP contribution in [0.5, 0.6) is 0 Å². The first-order valence-electron chi connectivity index (χ1n) is 6.77. The summed E-state index contributed by atoms with van der Waals surface area (Å²) in [7, 11) is 0. The Hall–Kier alpha value is -0.610. The molecule has 0 unspecified atom stereocenters.